The van der Waals surface area contributed by atoms with E-state index in [4.69, 9.17) is 24.2 Å². The lowest BCUT2D eigenvalue weighted by Crippen LogP contribution is -2.47. The Morgan fingerprint density at radius 1 is 0.800 bits per heavy atom. The van der Waals surface area contributed by atoms with Crippen LogP contribution in [0.1, 0.15) is 16.8 Å². The SMILES string of the molecule is COc1ccc(N2CCN(c3ncc4c(n3)CCN(Cc3ccc(OC)cc3OC)C4)CC2)cc1. The number of hydrogen-bond acceptors (Lipinski definition) is 8. The zero-order valence-corrected chi connectivity index (χ0v) is 20.7. The molecule has 2 aliphatic heterocycles. The number of anilines is 2. The van der Waals surface area contributed by atoms with Crippen LogP contribution in [0, 0.1) is 0 Å². The Hall–Kier alpha value is -3.52. The van der Waals surface area contributed by atoms with Crippen LogP contribution in [0.15, 0.2) is 48.7 Å². The van der Waals surface area contributed by atoms with Crippen LogP contribution >= 0.6 is 0 Å². The van der Waals surface area contributed by atoms with Crippen molar-refractivity contribution in [1.82, 2.24) is 14.9 Å². The minimum atomic E-state index is 0.806. The predicted octanol–water partition coefficient (Wildman–Crippen LogP) is 3.39. The van der Waals surface area contributed by atoms with Gasteiger partial charge in [-0.1, -0.05) is 6.07 Å². The van der Waals surface area contributed by atoms with E-state index in [2.05, 4.69) is 32.9 Å². The number of fused-ring (bicyclic) bond motifs is 1. The Balaban J connectivity index is 1.20. The number of rotatable bonds is 7. The van der Waals surface area contributed by atoms with Crippen molar-refractivity contribution in [3.05, 3.63) is 65.5 Å². The second-order valence-electron chi connectivity index (χ2n) is 8.95. The number of nitrogens with zero attached hydrogens (tertiary/aromatic N) is 5. The van der Waals surface area contributed by atoms with E-state index in [0.29, 0.717) is 0 Å². The highest BCUT2D eigenvalue weighted by atomic mass is 16.5. The normalized spacial score (nSPS) is 16.1. The number of piperazine rings is 1. The molecule has 0 aliphatic carbocycles. The predicted molar refractivity (Wildman–Crippen MR) is 137 cm³/mol. The number of methoxy groups -OCH3 is 3. The Morgan fingerprint density at radius 3 is 2.23 bits per heavy atom. The summed E-state index contributed by atoms with van der Waals surface area (Å²) in [5, 5.41) is 0. The average Bonchev–Trinajstić information content (AvgIpc) is 2.93. The van der Waals surface area contributed by atoms with E-state index >= 15 is 0 Å². The highest BCUT2D eigenvalue weighted by molar-refractivity contribution is 5.51. The number of ether oxygens (including phenoxy) is 3. The van der Waals surface area contributed by atoms with Crippen molar-refractivity contribution in [3.63, 3.8) is 0 Å². The quantitative estimate of drug-likeness (QED) is 0.515. The molecular weight excluding hydrogens is 442 g/mol. The molecule has 3 heterocycles. The number of benzene rings is 2. The molecule has 1 fully saturated rings. The van der Waals surface area contributed by atoms with Crippen molar-refractivity contribution >= 4 is 11.6 Å². The van der Waals surface area contributed by atoms with Crippen LogP contribution in [0.2, 0.25) is 0 Å². The van der Waals surface area contributed by atoms with Crippen molar-refractivity contribution < 1.29 is 14.2 Å². The molecule has 35 heavy (non-hydrogen) atoms. The molecule has 5 rings (SSSR count). The van der Waals surface area contributed by atoms with Gasteiger partial charge in [-0.15, -0.1) is 0 Å². The Labute approximate surface area is 207 Å². The summed E-state index contributed by atoms with van der Waals surface area (Å²) < 4.78 is 16.2. The van der Waals surface area contributed by atoms with Gasteiger partial charge in [0.2, 0.25) is 5.95 Å². The molecular formula is C27H33N5O3. The summed E-state index contributed by atoms with van der Waals surface area (Å²) in [6.45, 7) is 6.35. The molecule has 0 spiro atoms. The highest BCUT2D eigenvalue weighted by Gasteiger charge is 2.23. The van der Waals surface area contributed by atoms with Crippen molar-refractivity contribution in [1.29, 1.82) is 0 Å². The summed E-state index contributed by atoms with van der Waals surface area (Å²) in [5.41, 5.74) is 4.77. The molecule has 0 unspecified atom stereocenters. The third-order valence-electron chi connectivity index (χ3n) is 6.89. The molecule has 1 saturated heterocycles. The van der Waals surface area contributed by atoms with Crippen molar-refractivity contribution in [2.45, 2.75) is 19.5 Å². The van der Waals surface area contributed by atoms with Gasteiger partial charge in [0.1, 0.15) is 17.2 Å². The van der Waals surface area contributed by atoms with E-state index in [-0.39, 0.29) is 0 Å². The second kappa shape index (κ2) is 10.4. The van der Waals surface area contributed by atoms with E-state index < -0.39 is 0 Å². The first-order valence-electron chi connectivity index (χ1n) is 12.1. The van der Waals surface area contributed by atoms with Gasteiger partial charge < -0.3 is 24.0 Å². The number of aromatic nitrogens is 2. The number of hydrogen-bond donors (Lipinski definition) is 0. The van der Waals surface area contributed by atoms with Crippen LogP contribution < -0.4 is 24.0 Å². The fourth-order valence-electron chi connectivity index (χ4n) is 4.83. The molecule has 0 atom stereocenters. The fourth-order valence-corrected chi connectivity index (χ4v) is 4.83. The summed E-state index contributed by atoms with van der Waals surface area (Å²) in [5.74, 6) is 3.40. The third kappa shape index (κ3) is 5.12. The summed E-state index contributed by atoms with van der Waals surface area (Å²) in [4.78, 5) is 16.8. The van der Waals surface area contributed by atoms with E-state index in [1.54, 1.807) is 21.3 Å². The zero-order valence-electron chi connectivity index (χ0n) is 20.7. The van der Waals surface area contributed by atoms with Crippen molar-refractivity contribution in [2.24, 2.45) is 0 Å². The molecule has 184 valence electrons. The highest BCUT2D eigenvalue weighted by Crippen LogP contribution is 2.28. The first kappa shape index (κ1) is 23.2. The lowest BCUT2D eigenvalue weighted by atomic mass is 10.1. The molecule has 0 saturated carbocycles. The van der Waals surface area contributed by atoms with E-state index in [9.17, 15) is 0 Å². The van der Waals surface area contributed by atoms with Crippen LogP contribution in [0.4, 0.5) is 11.6 Å². The summed E-state index contributed by atoms with van der Waals surface area (Å²) >= 11 is 0. The molecule has 8 heteroatoms. The molecule has 0 bridgehead atoms. The second-order valence-corrected chi connectivity index (χ2v) is 8.95. The monoisotopic (exact) mass is 475 g/mol. The van der Waals surface area contributed by atoms with Gasteiger partial charge in [0.05, 0.1) is 27.0 Å². The van der Waals surface area contributed by atoms with E-state index in [1.807, 2.05) is 30.5 Å². The lowest BCUT2D eigenvalue weighted by Gasteiger charge is -2.36. The standard InChI is InChI=1S/C27H33N5O3/c1-33-23-8-5-22(6-9-23)31-12-14-32(15-13-31)27-28-17-21-19-30(11-10-25(21)29-27)18-20-4-7-24(34-2)16-26(20)35-3/h4-9,16-17H,10-15,18-19H2,1-3H3. The molecule has 2 aromatic carbocycles. The molecule has 0 radical (unpaired) electrons. The topological polar surface area (TPSA) is 63.2 Å². The Morgan fingerprint density at radius 2 is 1.51 bits per heavy atom. The van der Waals surface area contributed by atoms with Gasteiger partial charge in [-0.3, -0.25) is 4.90 Å². The maximum absolute atomic E-state index is 5.58. The molecule has 0 N–H and O–H groups in total. The van der Waals surface area contributed by atoms with Crippen LogP contribution in [0.3, 0.4) is 0 Å². The van der Waals surface area contributed by atoms with Crippen molar-refractivity contribution in [2.75, 3.05) is 63.9 Å². The van der Waals surface area contributed by atoms with Gasteiger partial charge in [-0.2, -0.15) is 0 Å². The summed E-state index contributed by atoms with van der Waals surface area (Å²) in [7, 11) is 5.07. The molecule has 1 aromatic heterocycles. The van der Waals surface area contributed by atoms with Gasteiger partial charge in [0.15, 0.2) is 0 Å². The van der Waals surface area contributed by atoms with Crippen molar-refractivity contribution in [3.8, 4) is 17.2 Å². The molecule has 8 nitrogen and oxygen atoms in total. The van der Waals surface area contributed by atoms with Gasteiger partial charge in [-0.05, 0) is 30.3 Å². The molecule has 0 amide bonds. The van der Waals surface area contributed by atoms with Crippen LogP contribution in [-0.2, 0) is 19.5 Å². The third-order valence-corrected chi connectivity index (χ3v) is 6.89. The lowest BCUT2D eigenvalue weighted by molar-refractivity contribution is 0.239. The van der Waals surface area contributed by atoms with E-state index in [1.165, 1.54) is 16.9 Å². The summed E-state index contributed by atoms with van der Waals surface area (Å²) in [6.07, 6.45) is 2.94. The van der Waals surface area contributed by atoms with Gasteiger partial charge in [0, 0.05) is 81.3 Å². The van der Waals surface area contributed by atoms with Crippen LogP contribution in [0.25, 0.3) is 0 Å². The first-order chi connectivity index (χ1) is 17.2. The van der Waals surface area contributed by atoms with E-state index in [0.717, 1.165) is 81.0 Å². The smallest absolute Gasteiger partial charge is 0.225 e. The molecule has 2 aliphatic rings. The fraction of sp³-hybridized carbons (Fsp3) is 0.407. The molecule has 3 aromatic rings. The Bertz CT molecular complexity index is 1150. The van der Waals surface area contributed by atoms with Crippen LogP contribution in [-0.4, -0.2) is 68.9 Å². The van der Waals surface area contributed by atoms with Gasteiger partial charge in [0.25, 0.3) is 0 Å². The maximum Gasteiger partial charge on any atom is 0.225 e. The minimum Gasteiger partial charge on any atom is -0.497 e. The Kier molecular flexibility index (Phi) is 6.90. The largest absolute Gasteiger partial charge is 0.497 e. The van der Waals surface area contributed by atoms with Crippen LogP contribution in [0.5, 0.6) is 17.2 Å². The summed E-state index contributed by atoms with van der Waals surface area (Å²) in [6, 6.07) is 14.3. The van der Waals surface area contributed by atoms with Gasteiger partial charge >= 0.3 is 0 Å². The zero-order chi connectivity index (χ0) is 24.2. The minimum absolute atomic E-state index is 0.806. The maximum atomic E-state index is 5.58. The average molecular weight is 476 g/mol. The first-order valence-corrected chi connectivity index (χ1v) is 12.1. The van der Waals surface area contributed by atoms with Gasteiger partial charge in [-0.25, -0.2) is 9.97 Å².